The van der Waals surface area contributed by atoms with Gasteiger partial charge in [0.2, 0.25) is 0 Å². The van der Waals surface area contributed by atoms with E-state index in [-0.39, 0.29) is 10.9 Å². The highest BCUT2D eigenvalue weighted by Crippen LogP contribution is 2.12. The lowest BCUT2D eigenvalue weighted by Crippen LogP contribution is -2.23. The second-order valence-corrected chi connectivity index (χ2v) is 5.26. The Hall–Kier alpha value is -0.950. The molecule has 0 heterocycles. The van der Waals surface area contributed by atoms with E-state index >= 15 is 0 Å². The summed E-state index contributed by atoms with van der Waals surface area (Å²) < 4.78 is 23.2. The van der Waals surface area contributed by atoms with E-state index in [4.69, 9.17) is 5.73 Å². The Morgan fingerprint density at radius 1 is 1.50 bits per heavy atom. The maximum absolute atomic E-state index is 11.6. The minimum atomic E-state index is -3.58. The summed E-state index contributed by atoms with van der Waals surface area (Å²) in [6.45, 7) is 1.87. The molecule has 1 atom stereocenters. The Balaban J connectivity index is 2.98. The van der Waals surface area contributed by atoms with Crippen LogP contribution in [-0.2, 0) is 21.3 Å². The molecule has 0 aliphatic carbocycles. The number of hydrogen-bond acceptors (Lipinski definition) is 4. The van der Waals surface area contributed by atoms with E-state index in [9.17, 15) is 8.42 Å². The fourth-order valence-electron chi connectivity index (χ4n) is 1.37. The molecule has 5 nitrogen and oxygen atoms in total. The zero-order chi connectivity index (χ0) is 12.2. The molecule has 16 heavy (non-hydrogen) atoms. The van der Waals surface area contributed by atoms with Crippen LogP contribution in [0.1, 0.15) is 12.5 Å². The third-order valence-corrected chi connectivity index (χ3v) is 3.22. The summed E-state index contributed by atoms with van der Waals surface area (Å²) in [6, 6.07) is 6.61. The highest BCUT2D eigenvalue weighted by Gasteiger charge is 2.13. The van der Waals surface area contributed by atoms with Crippen molar-refractivity contribution in [2.24, 2.45) is 5.73 Å². The normalized spacial score (nSPS) is 13.7. The van der Waals surface area contributed by atoms with Gasteiger partial charge in [-0.15, -0.1) is 0 Å². The number of nitrogens with one attached hydrogen (secondary N) is 1. The van der Waals surface area contributed by atoms with Gasteiger partial charge in [-0.2, -0.15) is 0 Å². The van der Waals surface area contributed by atoms with Gasteiger partial charge >= 0.3 is 0 Å². The van der Waals surface area contributed by atoms with E-state index in [1.807, 2.05) is 17.9 Å². The van der Waals surface area contributed by atoms with Gasteiger partial charge in [0.05, 0.1) is 12.0 Å². The minimum Gasteiger partial charge on any atom is -0.328 e. The maximum Gasteiger partial charge on any atom is 0.262 e. The molecule has 0 saturated carbocycles. The number of sulfonamides is 1. The second kappa shape index (κ2) is 5.40. The topological polar surface area (TPSA) is 81.4 Å². The van der Waals surface area contributed by atoms with Crippen LogP contribution in [-0.4, -0.2) is 21.6 Å². The van der Waals surface area contributed by atoms with Crippen molar-refractivity contribution >= 4 is 10.0 Å². The Labute approximate surface area is 95.6 Å². The number of rotatable bonds is 5. The molecule has 0 bridgehead atoms. The van der Waals surface area contributed by atoms with Crippen molar-refractivity contribution in [2.75, 3.05) is 7.11 Å². The molecule has 1 aromatic carbocycles. The smallest absolute Gasteiger partial charge is 0.262 e. The van der Waals surface area contributed by atoms with Crippen molar-refractivity contribution in [1.29, 1.82) is 0 Å². The molecular formula is C10H16N2O3S. The van der Waals surface area contributed by atoms with E-state index < -0.39 is 10.0 Å². The minimum absolute atomic E-state index is 0.00617. The Morgan fingerprint density at radius 2 is 2.19 bits per heavy atom. The van der Waals surface area contributed by atoms with Crippen molar-refractivity contribution in [3.8, 4) is 0 Å². The van der Waals surface area contributed by atoms with Crippen LogP contribution in [0.3, 0.4) is 0 Å². The fourth-order valence-corrected chi connectivity index (χ4v) is 2.25. The van der Waals surface area contributed by atoms with Gasteiger partial charge in [0, 0.05) is 6.04 Å². The number of benzene rings is 1. The molecule has 0 unspecified atom stereocenters. The molecule has 0 aliphatic rings. The Bertz CT molecular complexity index is 443. The summed E-state index contributed by atoms with van der Waals surface area (Å²) in [5, 5.41) is 0. The van der Waals surface area contributed by atoms with Gasteiger partial charge in [-0.3, -0.25) is 4.84 Å². The molecule has 0 saturated heterocycles. The molecule has 0 radical (unpaired) electrons. The first kappa shape index (κ1) is 13.1. The quantitative estimate of drug-likeness (QED) is 0.735. The predicted molar refractivity (Wildman–Crippen MR) is 61.1 cm³/mol. The van der Waals surface area contributed by atoms with Crippen LogP contribution in [0.15, 0.2) is 29.2 Å². The summed E-state index contributed by atoms with van der Waals surface area (Å²) in [5.41, 5.74) is 6.54. The van der Waals surface area contributed by atoms with Gasteiger partial charge in [-0.1, -0.05) is 17.0 Å². The van der Waals surface area contributed by atoms with E-state index in [0.29, 0.717) is 6.42 Å². The van der Waals surface area contributed by atoms with Crippen LogP contribution in [0.2, 0.25) is 0 Å². The van der Waals surface area contributed by atoms with Crippen molar-refractivity contribution in [1.82, 2.24) is 4.89 Å². The SMILES string of the molecule is CONS(=O)(=O)c1cccc(C[C@@H](C)N)c1. The first-order valence-corrected chi connectivity index (χ1v) is 6.33. The van der Waals surface area contributed by atoms with Crippen LogP contribution >= 0.6 is 0 Å². The first-order valence-electron chi connectivity index (χ1n) is 4.85. The Kier molecular flexibility index (Phi) is 4.43. The van der Waals surface area contributed by atoms with E-state index in [1.165, 1.54) is 13.2 Å². The van der Waals surface area contributed by atoms with Crippen LogP contribution in [0.4, 0.5) is 0 Å². The molecule has 0 aliphatic heterocycles. The third-order valence-electron chi connectivity index (χ3n) is 1.96. The van der Waals surface area contributed by atoms with Gasteiger partial charge in [0.15, 0.2) is 0 Å². The molecule has 0 spiro atoms. The summed E-state index contributed by atoms with van der Waals surface area (Å²) in [4.78, 5) is 6.55. The van der Waals surface area contributed by atoms with E-state index in [0.717, 1.165) is 5.56 Å². The van der Waals surface area contributed by atoms with Crippen LogP contribution in [0.5, 0.6) is 0 Å². The predicted octanol–water partition coefficient (Wildman–Crippen LogP) is 0.416. The fraction of sp³-hybridized carbons (Fsp3) is 0.400. The van der Waals surface area contributed by atoms with Crippen LogP contribution in [0, 0.1) is 0 Å². The van der Waals surface area contributed by atoms with Crippen molar-refractivity contribution in [3.05, 3.63) is 29.8 Å². The second-order valence-electron chi connectivity index (χ2n) is 3.62. The third kappa shape index (κ3) is 3.57. The highest BCUT2D eigenvalue weighted by molar-refractivity contribution is 7.89. The van der Waals surface area contributed by atoms with E-state index in [1.54, 1.807) is 12.1 Å². The van der Waals surface area contributed by atoms with Gasteiger partial charge in [0.25, 0.3) is 10.0 Å². The van der Waals surface area contributed by atoms with Gasteiger partial charge in [0.1, 0.15) is 0 Å². The zero-order valence-electron chi connectivity index (χ0n) is 9.30. The highest BCUT2D eigenvalue weighted by atomic mass is 32.2. The van der Waals surface area contributed by atoms with Crippen molar-refractivity contribution in [3.63, 3.8) is 0 Å². The number of nitrogens with two attached hydrogens (primary N) is 1. The van der Waals surface area contributed by atoms with Crippen molar-refractivity contribution in [2.45, 2.75) is 24.3 Å². The molecular weight excluding hydrogens is 228 g/mol. The average Bonchev–Trinajstić information content (AvgIpc) is 2.17. The summed E-state index contributed by atoms with van der Waals surface area (Å²) in [6.07, 6.45) is 0.635. The standard InChI is InChI=1S/C10H16N2O3S/c1-8(11)6-9-4-3-5-10(7-9)16(13,14)12-15-2/h3-5,7-8,12H,6,11H2,1-2H3/t8-/m1/s1. The van der Waals surface area contributed by atoms with E-state index in [2.05, 4.69) is 4.84 Å². The largest absolute Gasteiger partial charge is 0.328 e. The summed E-state index contributed by atoms with van der Waals surface area (Å²) in [5.74, 6) is 0. The number of hydrogen-bond donors (Lipinski definition) is 2. The summed E-state index contributed by atoms with van der Waals surface area (Å²) >= 11 is 0. The lowest BCUT2D eigenvalue weighted by Gasteiger charge is -2.08. The van der Waals surface area contributed by atoms with Crippen LogP contribution in [0.25, 0.3) is 0 Å². The zero-order valence-corrected chi connectivity index (χ0v) is 10.1. The average molecular weight is 244 g/mol. The monoisotopic (exact) mass is 244 g/mol. The molecule has 6 heteroatoms. The first-order chi connectivity index (χ1) is 7.45. The molecule has 90 valence electrons. The van der Waals surface area contributed by atoms with Gasteiger partial charge < -0.3 is 5.73 Å². The molecule has 3 N–H and O–H groups in total. The van der Waals surface area contributed by atoms with Gasteiger partial charge in [-0.05, 0) is 31.0 Å². The van der Waals surface area contributed by atoms with Gasteiger partial charge in [-0.25, -0.2) is 8.42 Å². The molecule has 0 amide bonds. The lowest BCUT2D eigenvalue weighted by atomic mass is 10.1. The molecule has 0 aromatic heterocycles. The Morgan fingerprint density at radius 3 is 2.75 bits per heavy atom. The molecule has 1 rings (SSSR count). The maximum atomic E-state index is 11.6. The van der Waals surface area contributed by atoms with Crippen molar-refractivity contribution < 1.29 is 13.3 Å². The van der Waals surface area contributed by atoms with Crippen LogP contribution < -0.4 is 10.6 Å². The molecule has 1 aromatic rings. The summed E-state index contributed by atoms with van der Waals surface area (Å²) in [7, 11) is -2.33. The molecule has 0 fully saturated rings. The lowest BCUT2D eigenvalue weighted by molar-refractivity contribution is 0.153.